The predicted molar refractivity (Wildman–Crippen MR) is 112 cm³/mol. The maximum Gasteiger partial charge on any atom is 0.346 e. The zero-order valence-electron chi connectivity index (χ0n) is 17.3. The molecule has 1 amide bonds. The Morgan fingerprint density at radius 2 is 1.97 bits per heavy atom. The van der Waals surface area contributed by atoms with E-state index in [1.807, 2.05) is 13.0 Å². The highest BCUT2D eigenvalue weighted by Gasteiger charge is 2.16. The molecule has 0 unspecified atom stereocenters. The molecule has 0 bridgehead atoms. The molecule has 1 N–H and O–H groups in total. The number of nitriles is 1. The van der Waals surface area contributed by atoms with Gasteiger partial charge in [-0.2, -0.15) is 5.26 Å². The fourth-order valence-electron chi connectivity index (χ4n) is 2.57. The molecule has 2 rings (SSSR count). The maximum absolute atomic E-state index is 13.8. The fourth-order valence-corrected chi connectivity index (χ4v) is 2.57. The molecule has 0 heterocycles. The summed E-state index contributed by atoms with van der Waals surface area (Å²) in [6.45, 7) is 3.39. The highest BCUT2D eigenvalue weighted by molar-refractivity contribution is 6.01. The maximum atomic E-state index is 13.8. The summed E-state index contributed by atoms with van der Waals surface area (Å²) in [5.74, 6) is -1.81. The number of benzene rings is 2. The van der Waals surface area contributed by atoms with E-state index in [1.54, 1.807) is 6.07 Å². The van der Waals surface area contributed by atoms with Crippen LogP contribution in [0.15, 0.2) is 48.0 Å². The van der Waals surface area contributed by atoms with Crippen LogP contribution in [0.3, 0.4) is 0 Å². The number of methoxy groups -OCH3 is 1. The summed E-state index contributed by atoms with van der Waals surface area (Å²) < 4.78 is 29.5. The summed E-state index contributed by atoms with van der Waals surface area (Å²) in [5, 5.41) is 12.0. The lowest BCUT2D eigenvalue weighted by molar-refractivity contribution is -0.117. The first-order chi connectivity index (χ1) is 15.0. The smallest absolute Gasteiger partial charge is 0.346 e. The van der Waals surface area contributed by atoms with Crippen LogP contribution in [0.2, 0.25) is 0 Å². The van der Waals surface area contributed by atoms with E-state index in [0.29, 0.717) is 31.7 Å². The van der Waals surface area contributed by atoms with E-state index in [0.717, 1.165) is 6.07 Å². The lowest BCUT2D eigenvalue weighted by Gasteiger charge is -2.10. The Balaban J connectivity index is 2.12. The molecule has 0 aromatic heterocycles. The summed E-state index contributed by atoms with van der Waals surface area (Å²) >= 11 is 0. The van der Waals surface area contributed by atoms with Crippen molar-refractivity contribution < 1.29 is 28.2 Å². The number of halogens is 1. The minimum Gasteiger partial charge on any atom is -0.493 e. The topological polar surface area (TPSA) is 97.6 Å². The Hall–Kier alpha value is -3.70. The van der Waals surface area contributed by atoms with Crippen molar-refractivity contribution in [3.05, 3.63) is 65.0 Å². The number of carbonyl (C=O) groups is 2. The number of amides is 1. The zero-order valence-corrected chi connectivity index (χ0v) is 17.3. The van der Waals surface area contributed by atoms with Crippen molar-refractivity contribution in [1.82, 2.24) is 5.32 Å². The molecule has 2 aromatic rings. The first-order valence-electron chi connectivity index (χ1n) is 9.62. The number of nitrogens with zero attached hydrogens (tertiary/aromatic N) is 1. The van der Waals surface area contributed by atoms with E-state index in [2.05, 4.69) is 5.32 Å². The molecule has 0 aliphatic heterocycles. The number of ether oxygens (including phenoxy) is 3. The molecule has 0 saturated heterocycles. The van der Waals surface area contributed by atoms with Gasteiger partial charge in [0, 0.05) is 19.8 Å². The molecule has 0 atom stereocenters. The SMILES string of the molecule is CCOCCCNC(=O)/C(C#N)=C/c1ccc(OC(=O)c2ccccc2F)c(OC)c1. The third kappa shape index (κ3) is 6.94. The highest BCUT2D eigenvalue weighted by atomic mass is 19.1. The van der Waals surface area contributed by atoms with Crippen LogP contribution in [0.25, 0.3) is 6.08 Å². The standard InChI is InChI=1S/C23H23FN2O5/c1-3-30-12-6-11-26-22(27)17(15-25)13-16-9-10-20(21(14-16)29-2)31-23(28)18-7-4-5-8-19(18)24/h4-5,7-10,13-14H,3,6,11-12H2,1-2H3,(H,26,27)/b17-13+. The van der Waals surface area contributed by atoms with Gasteiger partial charge >= 0.3 is 5.97 Å². The summed E-state index contributed by atoms with van der Waals surface area (Å²) in [5.41, 5.74) is 0.194. The summed E-state index contributed by atoms with van der Waals surface area (Å²) in [6, 6.07) is 11.8. The number of nitrogens with one attached hydrogen (secondary N) is 1. The molecule has 0 aliphatic carbocycles. The van der Waals surface area contributed by atoms with Gasteiger partial charge < -0.3 is 19.5 Å². The lowest BCUT2D eigenvalue weighted by Crippen LogP contribution is -2.26. The van der Waals surface area contributed by atoms with Crippen molar-refractivity contribution in [1.29, 1.82) is 5.26 Å². The number of rotatable bonds is 10. The van der Waals surface area contributed by atoms with Gasteiger partial charge in [-0.3, -0.25) is 4.79 Å². The molecule has 0 radical (unpaired) electrons. The van der Waals surface area contributed by atoms with E-state index < -0.39 is 17.7 Å². The van der Waals surface area contributed by atoms with Gasteiger partial charge in [-0.15, -0.1) is 0 Å². The minimum atomic E-state index is -0.871. The van der Waals surface area contributed by atoms with E-state index in [9.17, 15) is 19.2 Å². The van der Waals surface area contributed by atoms with Crippen LogP contribution in [0.4, 0.5) is 4.39 Å². The molecule has 7 nitrogen and oxygen atoms in total. The van der Waals surface area contributed by atoms with Gasteiger partial charge in [0.15, 0.2) is 11.5 Å². The Labute approximate surface area is 180 Å². The van der Waals surface area contributed by atoms with Crippen LogP contribution in [0, 0.1) is 17.1 Å². The number of hydrogen-bond donors (Lipinski definition) is 1. The van der Waals surface area contributed by atoms with Crippen molar-refractivity contribution in [2.45, 2.75) is 13.3 Å². The molecule has 8 heteroatoms. The lowest BCUT2D eigenvalue weighted by atomic mass is 10.1. The van der Waals surface area contributed by atoms with Crippen molar-refractivity contribution in [3.8, 4) is 17.6 Å². The van der Waals surface area contributed by atoms with Gasteiger partial charge in [-0.05, 0) is 49.2 Å². The van der Waals surface area contributed by atoms with E-state index in [4.69, 9.17) is 14.2 Å². The van der Waals surface area contributed by atoms with E-state index >= 15 is 0 Å². The predicted octanol–water partition coefficient (Wildman–Crippen LogP) is 3.50. The van der Waals surface area contributed by atoms with Crippen LogP contribution in [0.5, 0.6) is 11.5 Å². The van der Waals surface area contributed by atoms with Gasteiger partial charge in [0.05, 0.1) is 12.7 Å². The second-order valence-electron chi connectivity index (χ2n) is 6.26. The first-order valence-corrected chi connectivity index (χ1v) is 9.62. The number of esters is 1. The van der Waals surface area contributed by atoms with Crippen molar-refractivity contribution >= 4 is 18.0 Å². The largest absolute Gasteiger partial charge is 0.493 e. The molecule has 2 aromatic carbocycles. The summed E-state index contributed by atoms with van der Waals surface area (Å²) in [7, 11) is 1.37. The molecule has 0 saturated carbocycles. The van der Waals surface area contributed by atoms with Crippen LogP contribution in [0.1, 0.15) is 29.3 Å². The van der Waals surface area contributed by atoms with Crippen LogP contribution in [-0.4, -0.2) is 38.7 Å². The van der Waals surface area contributed by atoms with Crippen LogP contribution in [-0.2, 0) is 9.53 Å². The van der Waals surface area contributed by atoms with Gasteiger partial charge in [-0.1, -0.05) is 18.2 Å². The first kappa shape index (κ1) is 23.6. The molecule has 162 valence electrons. The summed E-state index contributed by atoms with van der Waals surface area (Å²) in [6.07, 6.45) is 2.02. The molecule has 0 aliphatic rings. The van der Waals surface area contributed by atoms with Gasteiger partial charge in [-0.25, -0.2) is 9.18 Å². The average Bonchev–Trinajstić information content (AvgIpc) is 2.78. The van der Waals surface area contributed by atoms with Crippen molar-refractivity contribution in [2.75, 3.05) is 26.9 Å². The minimum absolute atomic E-state index is 0.0757. The second-order valence-corrected chi connectivity index (χ2v) is 6.26. The Morgan fingerprint density at radius 3 is 2.65 bits per heavy atom. The van der Waals surface area contributed by atoms with Gasteiger partial charge in [0.1, 0.15) is 17.5 Å². The van der Waals surface area contributed by atoms with Gasteiger partial charge in [0.25, 0.3) is 5.91 Å². The molecule has 0 spiro atoms. The third-order valence-electron chi connectivity index (χ3n) is 4.12. The Morgan fingerprint density at radius 1 is 1.19 bits per heavy atom. The zero-order chi connectivity index (χ0) is 22.6. The Bertz CT molecular complexity index is 998. The average molecular weight is 426 g/mol. The monoisotopic (exact) mass is 426 g/mol. The van der Waals surface area contributed by atoms with Crippen LogP contribution >= 0.6 is 0 Å². The van der Waals surface area contributed by atoms with E-state index in [1.165, 1.54) is 43.5 Å². The van der Waals surface area contributed by atoms with E-state index in [-0.39, 0.29) is 22.6 Å². The fraction of sp³-hybridized carbons (Fsp3) is 0.261. The van der Waals surface area contributed by atoms with Crippen molar-refractivity contribution in [2.24, 2.45) is 0 Å². The summed E-state index contributed by atoms with van der Waals surface area (Å²) in [4.78, 5) is 24.4. The normalized spacial score (nSPS) is 10.8. The third-order valence-corrected chi connectivity index (χ3v) is 4.12. The van der Waals surface area contributed by atoms with Crippen LogP contribution < -0.4 is 14.8 Å². The van der Waals surface area contributed by atoms with Gasteiger partial charge in [0.2, 0.25) is 0 Å². The molecule has 0 fully saturated rings. The number of carbonyl (C=O) groups excluding carboxylic acids is 2. The highest BCUT2D eigenvalue weighted by Crippen LogP contribution is 2.30. The Kier molecular flexibility index (Phi) is 9.20. The molecule has 31 heavy (non-hydrogen) atoms. The van der Waals surface area contributed by atoms with Crippen molar-refractivity contribution in [3.63, 3.8) is 0 Å². The molecular weight excluding hydrogens is 403 g/mol. The quantitative estimate of drug-likeness (QED) is 0.205. The number of hydrogen-bond acceptors (Lipinski definition) is 6. The second kappa shape index (κ2) is 12.1. The molecular formula is C23H23FN2O5.